The van der Waals surface area contributed by atoms with Crippen molar-refractivity contribution in [1.29, 1.82) is 0 Å². The van der Waals surface area contributed by atoms with Crippen LogP contribution in [0.3, 0.4) is 0 Å². The molecule has 4 rings (SSSR count). The minimum Gasteiger partial charge on any atom is -0.482 e. The number of hydrogen-bond acceptors (Lipinski definition) is 4. The van der Waals surface area contributed by atoms with Crippen molar-refractivity contribution < 1.29 is 24.2 Å². The molecule has 1 N–H and O–H groups in total. The number of carboxylic acids is 1. The van der Waals surface area contributed by atoms with Gasteiger partial charge < -0.3 is 14.7 Å². The van der Waals surface area contributed by atoms with E-state index in [-0.39, 0.29) is 32.0 Å². The zero-order chi connectivity index (χ0) is 19.0. The molecule has 27 heavy (non-hydrogen) atoms. The Labute approximate surface area is 155 Å². The number of carboxylic acid groups (broad SMARTS) is 1. The van der Waals surface area contributed by atoms with Crippen LogP contribution in [0.1, 0.15) is 11.1 Å². The van der Waals surface area contributed by atoms with E-state index >= 15 is 0 Å². The summed E-state index contributed by atoms with van der Waals surface area (Å²) < 4.78 is 5.39. The van der Waals surface area contributed by atoms with E-state index in [2.05, 4.69) is 0 Å². The van der Waals surface area contributed by atoms with Crippen LogP contribution in [0.2, 0.25) is 0 Å². The topological polar surface area (TPSA) is 87.2 Å². The van der Waals surface area contributed by atoms with Crippen molar-refractivity contribution in [3.8, 4) is 5.75 Å². The first-order valence-electron chi connectivity index (χ1n) is 8.66. The molecule has 7 heteroatoms. The number of benzene rings is 2. The molecule has 2 aromatic carbocycles. The minimum atomic E-state index is -1.05. The molecule has 2 aliphatic heterocycles. The summed E-state index contributed by atoms with van der Waals surface area (Å²) in [6.07, 6.45) is 0.255. The molecule has 2 heterocycles. The maximum atomic E-state index is 13.0. The van der Waals surface area contributed by atoms with Crippen LogP contribution in [0.4, 0.5) is 5.69 Å². The van der Waals surface area contributed by atoms with Crippen molar-refractivity contribution >= 4 is 23.5 Å². The predicted molar refractivity (Wildman–Crippen MR) is 96.4 cm³/mol. The number of fused-ring (bicyclic) bond motifs is 2. The number of anilines is 1. The maximum Gasteiger partial charge on any atom is 0.326 e. The Balaban J connectivity index is 1.60. The average Bonchev–Trinajstić information content (AvgIpc) is 2.69. The first kappa shape index (κ1) is 17.1. The summed E-state index contributed by atoms with van der Waals surface area (Å²) in [7, 11) is 0. The first-order valence-corrected chi connectivity index (χ1v) is 8.66. The van der Waals surface area contributed by atoms with Crippen LogP contribution in [0.15, 0.2) is 48.5 Å². The fraction of sp³-hybridized carbons (Fsp3) is 0.250. The van der Waals surface area contributed by atoms with E-state index in [0.29, 0.717) is 11.4 Å². The third kappa shape index (κ3) is 3.12. The second-order valence-electron chi connectivity index (χ2n) is 6.58. The second kappa shape index (κ2) is 6.75. The summed E-state index contributed by atoms with van der Waals surface area (Å²) in [4.78, 5) is 39.7. The number of para-hydroxylation sites is 2. The lowest BCUT2D eigenvalue weighted by Gasteiger charge is -2.36. The Hall–Kier alpha value is -3.35. The van der Waals surface area contributed by atoms with Gasteiger partial charge in [-0.15, -0.1) is 0 Å². The van der Waals surface area contributed by atoms with Crippen molar-refractivity contribution in [2.45, 2.75) is 19.0 Å². The lowest BCUT2D eigenvalue weighted by molar-refractivity contribution is -0.151. The van der Waals surface area contributed by atoms with Gasteiger partial charge in [0.15, 0.2) is 6.61 Å². The van der Waals surface area contributed by atoms with Gasteiger partial charge in [0.05, 0.1) is 5.69 Å². The Kier molecular flexibility index (Phi) is 4.27. The molecule has 0 saturated heterocycles. The van der Waals surface area contributed by atoms with E-state index in [1.165, 1.54) is 9.80 Å². The van der Waals surface area contributed by atoms with Crippen molar-refractivity contribution in [3.63, 3.8) is 0 Å². The number of hydrogen-bond donors (Lipinski definition) is 1. The molecule has 0 saturated carbocycles. The molecule has 2 aliphatic rings. The van der Waals surface area contributed by atoms with Gasteiger partial charge in [-0.1, -0.05) is 36.4 Å². The third-order valence-corrected chi connectivity index (χ3v) is 4.96. The van der Waals surface area contributed by atoms with Crippen LogP contribution in [0.25, 0.3) is 0 Å². The van der Waals surface area contributed by atoms with Gasteiger partial charge in [0.2, 0.25) is 5.91 Å². The average molecular weight is 366 g/mol. The second-order valence-corrected chi connectivity index (χ2v) is 6.58. The van der Waals surface area contributed by atoms with Gasteiger partial charge in [-0.3, -0.25) is 14.5 Å². The molecule has 1 unspecified atom stereocenters. The highest BCUT2D eigenvalue weighted by Crippen LogP contribution is 2.32. The van der Waals surface area contributed by atoms with Crippen molar-refractivity contribution in [2.75, 3.05) is 18.1 Å². The van der Waals surface area contributed by atoms with E-state index in [9.17, 15) is 19.5 Å². The molecular weight excluding hydrogens is 348 g/mol. The Morgan fingerprint density at radius 2 is 1.78 bits per heavy atom. The minimum absolute atomic E-state index is 0.143. The summed E-state index contributed by atoms with van der Waals surface area (Å²) in [6, 6.07) is 13.5. The molecule has 1 atom stereocenters. The zero-order valence-electron chi connectivity index (χ0n) is 14.5. The smallest absolute Gasteiger partial charge is 0.326 e. The van der Waals surface area contributed by atoms with E-state index in [1.54, 1.807) is 24.3 Å². The summed E-state index contributed by atoms with van der Waals surface area (Å²) >= 11 is 0. The fourth-order valence-corrected chi connectivity index (χ4v) is 3.56. The predicted octanol–water partition coefficient (Wildman–Crippen LogP) is 1.45. The van der Waals surface area contributed by atoms with Gasteiger partial charge in [-0.25, -0.2) is 4.79 Å². The molecule has 2 aromatic rings. The Morgan fingerprint density at radius 1 is 1.07 bits per heavy atom. The van der Waals surface area contributed by atoms with Gasteiger partial charge in [0, 0.05) is 13.0 Å². The molecule has 0 fully saturated rings. The number of rotatable bonds is 3. The van der Waals surface area contributed by atoms with Crippen molar-refractivity contribution in [3.05, 3.63) is 59.7 Å². The van der Waals surface area contributed by atoms with Crippen LogP contribution >= 0.6 is 0 Å². The van der Waals surface area contributed by atoms with E-state index in [0.717, 1.165) is 11.1 Å². The lowest BCUT2D eigenvalue weighted by Crippen LogP contribution is -2.53. The number of amides is 2. The van der Waals surface area contributed by atoms with E-state index in [1.807, 2.05) is 24.3 Å². The van der Waals surface area contributed by atoms with Gasteiger partial charge in [-0.2, -0.15) is 0 Å². The molecule has 0 aromatic heterocycles. The molecule has 7 nitrogen and oxygen atoms in total. The highest BCUT2D eigenvalue weighted by Gasteiger charge is 2.36. The standard InChI is InChI=1S/C20H18N2O5/c23-18(11-22-15-7-3-4-8-17(15)27-12-19(22)24)21-10-14-6-2-1-5-13(14)9-16(21)20(25)26/h1-8,16H,9-12H2,(H,25,26). The van der Waals surface area contributed by atoms with Crippen LogP contribution in [0, 0.1) is 0 Å². The first-order chi connectivity index (χ1) is 13.0. The van der Waals surface area contributed by atoms with Gasteiger partial charge in [0.1, 0.15) is 18.3 Å². The van der Waals surface area contributed by atoms with Crippen molar-refractivity contribution in [2.24, 2.45) is 0 Å². The SMILES string of the molecule is O=C(O)C1Cc2ccccc2CN1C(=O)CN1C(=O)COc2ccccc21. The maximum absolute atomic E-state index is 13.0. The molecule has 138 valence electrons. The molecule has 2 amide bonds. The van der Waals surface area contributed by atoms with Crippen LogP contribution in [-0.2, 0) is 27.3 Å². The van der Waals surface area contributed by atoms with Crippen LogP contribution < -0.4 is 9.64 Å². The van der Waals surface area contributed by atoms with E-state index in [4.69, 9.17) is 4.74 Å². The molecule has 0 aliphatic carbocycles. The quantitative estimate of drug-likeness (QED) is 0.888. The summed E-state index contributed by atoms with van der Waals surface area (Å²) in [5, 5.41) is 9.60. The number of nitrogens with zero attached hydrogens (tertiary/aromatic N) is 2. The summed E-state index contributed by atoms with van der Waals surface area (Å²) in [6.45, 7) is -0.146. The van der Waals surface area contributed by atoms with E-state index < -0.39 is 17.9 Å². The monoisotopic (exact) mass is 366 g/mol. The fourth-order valence-electron chi connectivity index (χ4n) is 3.56. The van der Waals surface area contributed by atoms with Crippen LogP contribution in [-0.4, -0.2) is 47.0 Å². The number of carbonyl (C=O) groups excluding carboxylic acids is 2. The van der Waals surface area contributed by atoms with Gasteiger partial charge in [0.25, 0.3) is 5.91 Å². The number of ether oxygens (including phenoxy) is 1. The van der Waals surface area contributed by atoms with Gasteiger partial charge >= 0.3 is 5.97 Å². The molecular formula is C20H18N2O5. The molecule has 0 bridgehead atoms. The molecule has 0 radical (unpaired) electrons. The largest absolute Gasteiger partial charge is 0.482 e. The molecule has 0 spiro atoms. The number of carbonyl (C=O) groups is 3. The van der Waals surface area contributed by atoms with Gasteiger partial charge in [-0.05, 0) is 23.3 Å². The summed E-state index contributed by atoms with van der Waals surface area (Å²) in [5.74, 6) is -1.25. The zero-order valence-corrected chi connectivity index (χ0v) is 14.5. The Bertz CT molecular complexity index is 926. The lowest BCUT2D eigenvalue weighted by atomic mass is 9.94. The number of aliphatic carboxylic acids is 1. The third-order valence-electron chi connectivity index (χ3n) is 4.96. The van der Waals surface area contributed by atoms with Crippen molar-refractivity contribution in [1.82, 2.24) is 4.90 Å². The van der Waals surface area contributed by atoms with Crippen LogP contribution in [0.5, 0.6) is 5.75 Å². The normalized spacial score (nSPS) is 18.4. The Morgan fingerprint density at radius 3 is 2.56 bits per heavy atom. The highest BCUT2D eigenvalue weighted by atomic mass is 16.5. The summed E-state index contributed by atoms with van der Waals surface area (Å²) in [5.41, 5.74) is 2.38. The highest BCUT2D eigenvalue weighted by molar-refractivity contribution is 6.02.